The van der Waals surface area contributed by atoms with E-state index in [0.717, 1.165) is 43.4 Å². The summed E-state index contributed by atoms with van der Waals surface area (Å²) >= 11 is 0. The molecule has 1 aromatic rings. The molecule has 0 radical (unpaired) electrons. The Labute approximate surface area is 184 Å². The Morgan fingerprint density at radius 2 is 1.57 bits per heavy atom. The van der Waals surface area contributed by atoms with Crippen LogP contribution < -0.4 is 4.90 Å². The lowest BCUT2D eigenvalue weighted by Gasteiger charge is -2.30. The third kappa shape index (κ3) is 7.01. The molecule has 0 saturated heterocycles. The first-order valence-corrected chi connectivity index (χ1v) is 12.2. The summed E-state index contributed by atoms with van der Waals surface area (Å²) in [6, 6.07) is 4.35. The molecule has 0 amide bonds. The standard InChI is InChI=1S/C26H43NO3/c1-5-8-11-13-20-16-22-17-23(28)19-30-26(29)24(15-10-7-3)27(4)25(22)18-21(20)14-12-9-6-2/h16,18,23-24,28H,5-15,17,19H2,1-4H3/t23-,24-/m0/s1. The average molecular weight is 418 g/mol. The number of ether oxygens (including phenoxy) is 1. The van der Waals surface area contributed by atoms with Gasteiger partial charge in [0.05, 0.1) is 6.10 Å². The van der Waals surface area contributed by atoms with E-state index in [9.17, 15) is 9.90 Å². The van der Waals surface area contributed by atoms with Crippen molar-refractivity contribution in [3.05, 3.63) is 28.8 Å². The Kier molecular flexibility index (Phi) is 10.7. The maximum atomic E-state index is 12.8. The second kappa shape index (κ2) is 13.0. The van der Waals surface area contributed by atoms with E-state index in [4.69, 9.17) is 4.74 Å². The van der Waals surface area contributed by atoms with Gasteiger partial charge < -0.3 is 14.7 Å². The van der Waals surface area contributed by atoms with E-state index in [0.29, 0.717) is 6.42 Å². The van der Waals surface area contributed by atoms with Crippen molar-refractivity contribution in [3.8, 4) is 0 Å². The summed E-state index contributed by atoms with van der Waals surface area (Å²) in [4.78, 5) is 14.9. The number of carbonyl (C=O) groups excluding carboxylic acids is 1. The largest absolute Gasteiger partial charge is 0.461 e. The van der Waals surface area contributed by atoms with Gasteiger partial charge in [0.2, 0.25) is 0 Å². The Bertz CT molecular complexity index is 658. The molecule has 0 fully saturated rings. The molecule has 1 heterocycles. The number of fused-ring (bicyclic) bond motifs is 1. The lowest BCUT2D eigenvalue weighted by molar-refractivity contribution is -0.148. The van der Waals surface area contributed by atoms with Gasteiger partial charge >= 0.3 is 5.97 Å². The number of unbranched alkanes of at least 4 members (excludes halogenated alkanes) is 5. The summed E-state index contributed by atoms with van der Waals surface area (Å²) in [5.74, 6) is -0.211. The predicted molar refractivity (Wildman–Crippen MR) is 125 cm³/mol. The highest BCUT2D eigenvalue weighted by Crippen LogP contribution is 2.31. The van der Waals surface area contributed by atoms with Crippen molar-refractivity contribution in [1.82, 2.24) is 0 Å². The zero-order chi connectivity index (χ0) is 21.9. The predicted octanol–water partition coefficient (Wildman–Crippen LogP) is 5.61. The molecule has 30 heavy (non-hydrogen) atoms. The van der Waals surface area contributed by atoms with Gasteiger partial charge in [-0.05, 0) is 54.9 Å². The first kappa shape index (κ1) is 24.7. The van der Waals surface area contributed by atoms with E-state index in [1.807, 2.05) is 7.05 Å². The molecule has 1 aromatic carbocycles. The van der Waals surface area contributed by atoms with Crippen molar-refractivity contribution in [2.75, 3.05) is 18.6 Å². The number of nitrogens with zero attached hydrogens (tertiary/aromatic N) is 1. The minimum absolute atomic E-state index is 0.0815. The molecule has 4 nitrogen and oxygen atoms in total. The lowest BCUT2D eigenvalue weighted by atomic mass is 9.91. The third-order valence-electron chi connectivity index (χ3n) is 6.32. The average Bonchev–Trinajstić information content (AvgIpc) is 2.77. The SMILES string of the molecule is CCCCCc1cc2c(cc1CCCCC)N(C)[C@@H](CCCC)C(=O)OC[C@@H](O)C2. The van der Waals surface area contributed by atoms with Gasteiger partial charge in [0.15, 0.2) is 0 Å². The number of hydrogen-bond donors (Lipinski definition) is 1. The molecular weight excluding hydrogens is 374 g/mol. The van der Waals surface area contributed by atoms with Gasteiger partial charge in [-0.1, -0.05) is 65.4 Å². The quantitative estimate of drug-likeness (QED) is 0.376. The molecule has 2 rings (SSSR count). The fraction of sp³-hybridized carbons (Fsp3) is 0.731. The maximum Gasteiger partial charge on any atom is 0.328 e. The summed E-state index contributed by atoms with van der Waals surface area (Å²) in [6.07, 6.45) is 12.2. The summed E-state index contributed by atoms with van der Waals surface area (Å²) in [5.41, 5.74) is 5.09. The molecular formula is C26H43NO3. The third-order valence-corrected chi connectivity index (χ3v) is 6.32. The Morgan fingerprint density at radius 1 is 0.967 bits per heavy atom. The lowest BCUT2D eigenvalue weighted by Crippen LogP contribution is -2.40. The fourth-order valence-electron chi connectivity index (χ4n) is 4.44. The monoisotopic (exact) mass is 417 g/mol. The number of carbonyl (C=O) groups is 1. The summed E-state index contributed by atoms with van der Waals surface area (Å²) < 4.78 is 5.48. The minimum Gasteiger partial charge on any atom is -0.461 e. The summed E-state index contributed by atoms with van der Waals surface area (Å²) in [5, 5.41) is 10.5. The van der Waals surface area contributed by atoms with Gasteiger partial charge in [-0.15, -0.1) is 0 Å². The number of benzene rings is 1. The summed E-state index contributed by atoms with van der Waals surface area (Å²) in [6.45, 7) is 6.71. The molecule has 170 valence electrons. The van der Waals surface area contributed by atoms with E-state index in [1.165, 1.54) is 49.7 Å². The molecule has 1 aliphatic rings. The van der Waals surface area contributed by atoms with E-state index in [1.54, 1.807) is 0 Å². The number of aryl methyl sites for hydroxylation is 2. The molecule has 4 heteroatoms. The van der Waals surface area contributed by atoms with Gasteiger partial charge in [0, 0.05) is 19.2 Å². The normalized spacial score (nSPS) is 19.6. The highest BCUT2D eigenvalue weighted by molar-refractivity contribution is 5.81. The highest BCUT2D eigenvalue weighted by Gasteiger charge is 2.29. The van der Waals surface area contributed by atoms with Crippen LogP contribution in [0.5, 0.6) is 0 Å². The topological polar surface area (TPSA) is 49.8 Å². The number of likely N-dealkylation sites (N-methyl/N-ethyl adjacent to an activating group) is 1. The van der Waals surface area contributed by atoms with Crippen LogP contribution in [0.25, 0.3) is 0 Å². The van der Waals surface area contributed by atoms with Crippen LogP contribution in [0.2, 0.25) is 0 Å². The van der Waals surface area contributed by atoms with Crippen molar-refractivity contribution >= 4 is 11.7 Å². The molecule has 0 unspecified atom stereocenters. The molecule has 0 bridgehead atoms. The Hall–Kier alpha value is -1.55. The number of aliphatic hydroxyl groups excluding tert-OH is 1. The summed E-state index contributed by atoms with van der Waals surface area (Å²) in [7, 11) is 2.02. The van der Waals surface area contributed by atoms with Gasteiger partial charge in [-0.25, -0.2) is 4.79 Å². The molecule has 0 aliphatic carbocycles. The first-order valence-electron chi connectivity index (χ1n) is 12.2. The Balaban J connectivity index is 2.44. The maximum absolute atomic E-state index is 12.8. The second-order valence-electron chi connectivity index (χ2n) is 8.92. The highest BCUT2D eigenvalue weighted by atomic mass is 16.5. The number of hydrogen-bond acceptors (Lipinski definition) is 4. The van der Waals surface area contributed by atoms with Gasteiger partial charge in [0.25, 0.3) is 0 Å². The van der Waals surface area contributed by atoms with Crippen LogP contribution in [0.3, 0.4) is 0 Å². The molecule has 0 saturated carbocycles. The molecule has 0 aromatic heterocycles. The number of rotatable bonds is 11. The van der Waals surface area contributed by atoms with Crippen LogP contribution in [-0.4, -0.2) is 36.9 Å². The van der Waals surface area contributed by atoms with Crippen LogP contribution in [0.15, 0.2) is 12.1 Å². The van der Waals surface area contributed by atoms with Crippen molar-refractivity contribution in [2.45, 2.75) is 110 Å². The van der Waals surface area contributed by atoms with Crippen LogP contribution >= 0.6 is 0 Å². The number of cyclic esters (lactones) is 1. The van der Waals surface area contributed by atoms with E-state index in [-0.39, 0.29) is 18.6 Å². The van der Waals surface area contributed by atoms with Crippen molar-refractivity contribution in [3.63, 3.8) is 0 Å². The number of esters is 1. The first-order chi connectivity index (χ1) is 14.5. The van der Waals surface area contributed by atoms with Gasteiger partial charge in [-0.2, -0.15) is 0 Å². The van der Waals surface area contributed by atoms with Gasteiger partial charge in [0.1, 0.15) is 12.6 Å². The number of aliphatic hydroxyl groups is 1. The fourth-order valence-corrected chi connectivity index (χ4v) is 4.44. The smallest absolute Gasteiger partial charge is 0.328 e. The minimum atomic E-state index is -0.652. The number of anilines is 1. The van der Waals surface area contributed by atoms with Crippen molar-refractivity contribution in [2.24, 2.45) is 0 Å². The zero-order valence-electron chi connectivity index (χ0n) is 19.7. The second-order valence-corrected chi connectivity index (χ2v) is 8.92. The Morgan fingerprint density at radius 3 is 2.17 bits per heavy atom. The van der Waals surface area contributed by atoms with Crippen LogP contribution in [0, 0.1) is 0 Å². The zero-order valence-corrected chi connectivity index (χ0v) is 19.7. The molecule has 1 aliphatic heterocycles. The molecule has 2 atom stereocenters. The van der Waals surface area contributed by atoms with Gasteiger partial charge in [-0.3, -0.25) is 0 Å². The van der Waals surface area contributed by atoms with Crippen molar-refractivity contribution < 1.29 is 14.6 Å². The van der Waals surface area contributed by atoms with E-state index >= 15 is 0 Å². The van der Waals surface area contributed by atoms with E-state index in [2.05, 4.69) is 37.8 Å². The molecule has 1 N–H and O–H groups in total. The van der Waals surface area contributed by atoms with Crippen LogP contribution in [0.4, 0.5) is 5.69 Å². The molecule has 0 spiro atoms. The van der Waals surface area contributed by atoms with Crippen LogP contribution in [-0.2, 0) is 28.8 Å². The van der Waals surface area contributed by atoms with E-state index < -0.39 is 6.10 Å². The van der Waals surface area contributed by atoms with Crippen LogP contribution in [0.1, 0.15) is 95.2 Å². The van der Waals surface area contributed by atoms with Crippen molar-refractivity contribution in [1.29, 1.82) is 0 Å².